The molecule has 2 rings (SSSR count). The number of carbonyl (C=O) groups is 3. The number of nitro groups is 1. The van der Waals surface area contributed by atoms with Crippen LogP contribution in [-0.2, 0) is 14.4 Å². The molecule has 0 atom stereocenters. The molecule has 1 aromatic rings. The lowest BCUT2D eigenvalue weighted by molar-refractivity contribution is -0.384. The summed E-state index contributed by atoms with van der Waals surface area (Å²) in [6.45, 7) is 6.67. The molecule has 0 unspecified atom stereocenters. The van der Waals surface area contributed by atoms with Crippen molar-refractivity contribution in [3.8, 4) is 0 Å². The summed E-state index contributed by atoms with van der Waals surface area (Å²) in [6, 6.07) is 5.47. The van der Waals surface area contributed by atoms with Gasteiger partial charge in [0.1, 0.15) is 0 Å². The van der Waals surface area contributed by atoms with Crippen molar-refractivity contribution in [1.29, 1.82) is 0 Å². The highest BCUT2D eigenvalue weighted by atomic mass is 16.6. The molecule has 1 aromatic carbocycles. The number of Topliss-reactive ketones (excluding diaryl/α,β-unsaturated/α-hetero) is 1. The van der Waals surface area contributed by atoms with E-state index in [4.69, 9.17) is 0 Å². The van der Waals surface area contributed by atoms with Gasteiger partial charge in [-0.25, -0.2) is 0 Å². The predicted molar refractivity (Wildman–Crippen MR) is 96.6 cm³/mol. The minimum Gasteiger partial charge on any atom is -0.326 e. The Bertz CT molecular complexity index is 860. The van der Waals surface area contributed by atoms with Gasteiger partial charge in [0.15, 0.2) is 11.6 Å². The van der Waals surface area contributed by atoms with E-state index in [1.807, 2.05) is 0 Å². The second-order valence-corrected chi connectivity index (χ2v) is 6.93. The molecule has 1 amide bonds. The summed E-state index contributed by atoms with van der Waals surface area (Å²) < 4.78 is 0. The largest absolute Gasteiger partial charge is 0.326 e. The van der Waals surface area contributed by atoms with Gasteiger partial charge in [0.2, 0.25) is 5.91 Å². The van der Waals surface area contributed by atoms with E-state index >= 15 is 0 Å². The van der Waals surface area contributed by atoms with Crippen molar-refractivity contribution in [2.75, 3.05) is 5.32 Å². The SMILES string of the molecule is CC1=CC(=O)C(C(C)(C)CC(=O)Nc2ccc([N+](=O)[O-])cc2)=C(C)C1=O. The average molecular weight is 356 g/mol. The molecule has 136 valence electrons. The van der Waals surface area contributed by atoms with E-state index in [-0.39, 0.29) is 29.6 Å². The van der Waals surface area contributed by atoms with E-state index in [1.54, 1.807) is 27.7 Å². The molecule has 1 aliphatic carbocycles. The van der Waals surface area contributed by atoms with Gasteiger partial charge in [-0.3, -0.25) is 24.5 Å². The van der Waals surface area contributed by atoms with Crippen molar-refractivity contribution in [1.82, 2.24) is 0 Å². The minimum absolute atomic E-state index is 0.0113. The molecule has 0 fully saturated rings. The number of rotatable bonds is 5. The van der Waals surface area contributed by atoms with Crippen LogP contribution in [0.15, 0.2) is 47.1 Å². The maximum Gasteiger partial charge on any atom is 0.269 e. The number of hydrogen-bond donors (Lipinski definition) is 1. The Hall–Kier alpha value is -3.09. The van der Waals surface area contributed by atoms with Crippen molar-refractivity contribution in [3.05, 3.63) is 57.2 Å². The van der Waals surface area contributed by atoms with Gasteiger partial charge >= 0.3 is 0 Å². The van der Waals surface area contributed by atoms with Gasteiger partial charge in [0.05, 0.1) is 4.92 Å². The van der Waals surface area contributed by atoms with E-state index in [0.29, 0.717) is 22.4 Å². The lowest BCUT2D eigenvalue weighted by atomic mass is 9.73. The Morgan fingerprint density at radius 2 is 1.73 bits per heavy atom. The molecule has 0 spiro atoms. The van der Waals surface area contributed by atoms with Crippen molar-refractivity contribution >= 4 is 28.8 Å². The molecule has 7 heteroatoms. The molecular weight excluding hydrogens is 336 g/mol. The van der Waals surface area contributed by atoms with Crippen molar-refractivity contribution in [3.63, 3.8) is 0 Å². The van der Waals surface area contributed by atoms with Gasteiger partial charge in [0.25, 0.3) is 5.69 Å². The number of amides is 1. The second kappa shape index (κ2) is 7.03. The van der Waals surface area contributed by atoms with Gasteiger partial charge < -0.3 is 5.32 Å². The molecule has 0 bridgehead atoms. The highest BCUT2D eigenvalue weighted by Gasteiger charge is 2.36. The van der Waals surface area contributed by atoms with Gasteiger partial charge in [-0.1, -0.05) is 13.8 Å². The summed E-state index contributed by atoms with van der Waals surface area (Å²) in [4.78, 5) is 47.0. The maximum atomic E-state index is 12.4. The lowest BCUT2D eigenvalue weighted by Crippen LogP contribution is -2.31. The first-order chi connectivity index (χ1) is 12.0. The van der Waals surface area contributed by atoms with E-state index < -0.39 is 10.3 Å². The van der Waals surface area contributed by atoms with Crippen LogP contribution in [0.5, 0.6) is 0 Å². The Kier molecular flexibility index (Phi) is 5.20. The molecule has 0 saturated carbocycles. The Labute approximate surface area is 150 Å². The van der Waals surface area contributed by atoms with Crippen LogP contribution >= 0.6 is 0 Å². The van der Waals surface area contributed by atoms with Gasteiger partial charge in [-0.2, -0.15) is 0 Å². The molecule has 0 heterocycles. The third kappa shape index (κ3) is 3.93. The number of allylic oxidation sites excluding steroid dienone is 4. The zero-order valence-corrected chi connectivity index (χ0v) is 15.1. The lowest BCUT2D eigenvalue weighted by Gasteiger charge is -2.29. The number of nitro benzene ring substituents is 1. The number of carbonyl (C=O) groups excluding carboxylic acids is 3. The van der Waals surface area contributed by atoms with Gasteiger partial charge in [-0.05, 0) is 32.1 Å². The van der Waals surface area contributed by atoms with Crippen LogP contribution < -0.4 is 5.32 Å². The number of nitrogens with one attached hydrogen (secondary N) is 1. The molecule has 7 nitrogen and oxygen atoms in total. The molecular formula is C19H20N2O5. The second-order valence-electron chi connectivity index (χ2n) is 6.93. The predicted octanol–water partition coefficient (Wildman–Crippen LogP) is 3.36. The van der Waals surface area contributed by atoms with Gasteiger partial charge in [-0.15, -0.1) is 0 Å². The molecule has 1 N–H and O–H groups in total. The molecule has 26 heavy (non-hydrogen) atoms. The summed E-state index contributed by atoms with van der Waals surface area (Å²) >= 11 is 0. The average Bonchev–Trinajstić information content (AvgIpc) is 2.52. The summed E-state index contributed by atoms with van der Waals surface area (Å²) in [6.07, 6.45) is 1.29. The third-order valence-corrected chi connectivity index (χ3v) is 4.31. The Morgan fingerprint density at radius 1 is 1.15 bits per heavy atom. The van der Waals surface area contributed by atoms with Crippen molar-refractivity contribution in [2.24, 2.45) is 5.41 Å². The first kappa shape index (κ1) is 19.2. The van der Waals surface area contributed by atoms with Crippen LogP contribution in [0, 0.1) is 15.5 Å². The number of nitrogens with zero attached hydrogens (tertiary/aromatic N) is 1. The van der Waals surface area contributed by atoms with Crippen LogP contribution in [-0.4, -0.2) is 22.4 Å². The van der Waals surface area contributed by atoms with Crippen LogP contribution in [0.3, 0.4) is 0 Å². The van der Waals surface area contributed by atoms with Crippen LogP contribution in [0.25, 0.3) is 0 Å². The first-order valence-electron chi connectivity index (χ1n) is 8.06. The van der Waals surface area contributed by atoms with E-state index in [0.717, 1.165) is 0 Å². The molecule has 0 radical (unpaired) electrons. The zero-order valence-electron chi connectivity index (χ0n) is 15.1. The summed E-state index contributed by atoms with van der Waals surface area (Å²) in [5.74, 6) is -0.799. The zero-order chi connectivity index (χ0) is 19.6. The van der Waals surface area contributed by atoms with Gasteiger partial charge in [0, 0.05) is 46.4 Å². The highest BCUT2D eigenvalue weighted by Crippen LogP contribution is 2.37. The highest BCUT2D eigenvalue weighted by molar-refractivity contribution is 6.22. The fraction of sp³-hybridized carbons (Fsp3) is 0.316. The van der Waals surface area contributed by atoms with E-state index in [9.17, 15) is 24.5 Å². The number of anilines is 1. The fourth-order valence-corrected chi connectivity index (χ4v) is 3.13. The molecule has 0 aromatic heterocycles. The smallest absolute Gasteiger partial charge is 0.269 e. The van der Waals surface area contributed by atoms with E-state index in [2.05, 4.69) is 5.32 Å². The standard InChI is InChI=1S/C19H20N2O5/c1-11-9-15(22)17(12(2)18(11)24)19(3,4)10-16(23)20-13-5-7-14(8-6-13)21(25)26/h5-9H,10H2,1-4H3,(H,20,23). The first-order valence-corrected chi connectivity index (χ1v) is 8.06. The third-order valence-electron chi connectivity index (χ3n) is 4.31. The number of benzene rings is 1. The fourth-order valence-electron chi connectivity index (χ4n) is 3.13. The quantitative estimate of drug-likeness (QED) is 0.494. The summed E-state index contributed by atoms with van der Waals surface area (Å²) in [7, 11) is 0. The number of ketones is 2. The van der Waals surface area contributed by atoms with Crippen molar-refractivity contribution < 1.29 is 19.3 Å². The monoisotopic (exact) mass is 356 g/mol. The molecule has 0 aliphatic heterocycles. The number of hydrogen-bond acceptors (Lipinski definition) is 5. The Balaban J connectivity index is 2.16. The molecule has 0 saturated heterocycles. The van der Waals surface area contributed by atoms with Crippen molar-refractivity contribution in [2.45, 2.75) is 34.1 Å². The normalized spacial score (nSPS) is 15.0. The number of non-ortho nitro benzene ring substituents is 1. The Morgan fingerprint density at radius 3 is 2.27 bits per heavy atom. The van der Waals surface area contributed by atoms with Crippen LogP contribution in [0.2, 0.25) is 0 Å². The summed E-state index contributed by atoms with van der Waals surface area (Å²) in [5.41, 5.74) is 0.609. The van der Waals surface area contributed by atoms with Crippen LogP contribution in [0.1, 0.15) is 34.1 Å². The molecule has 1 aliphatic rings. The van der Waals surface area contributed by atoms with E-state index in [1.165, 1.54) is 30.3 Å². The maximum absolute atomic E-state index is 12.4. The topological polar surface area (TPSA) is 106 Å². The summed E-state index contributed by atoms with van der Waals surface area (Å²) in [5, 5.41) is 13.3. The van der Waals surface area contributed by atoms with Crippen LogP contribution in [0.4, 0.5) is 11.4 Å². The minimum atomic E-state index is -0.834.